The van der Waals surface area contributed by atoms with E-state index in [9.17, 15) is 14.4 Å². The van der Waals surface area contributed by atoms with E-state index >= 15 is 0 Å². The average Bonchev–Trinajstić information content (AvgIpc) is 3.35. The molecule has 0 bridgehead atoms. The first kappa shape index (κ1) is 64.5. The van der Waals surface area contributed by atoms with Gasteiger partial charge in [0.05, 0.1) is 0 Å². The second-order valence-corrected chi connectivity index (χ2v) is 17.8. The highest BCUT2D eigenvalue weighted by Gasteiger charge is 2.19. The number of ether oxygens (including phenoxy) is 3. The fraction of sp³-hybridized carbons (Fsp3) is 0.603. The van der Waals surface area contributed by atoms with Crippen LogP contribution in [0.5, 0.6) is 0 Å². The van der Waals surface area contributed by atoms with Crippen molar-refractivity contribution in [1.29, 1.82) is 0 Å². The first-order valence-electron chi connectivity index (χ1n) is 27.7. The van der Waals surface area contributed by atoms with E-state index in [0.717, 1.165) is 128 Å². The smallest absolute Gasteiger partial charge is 0.306 e. The highest BCUT2D eigenvalue weighted by molar-refractivity contribution is 5.71. The third-order valence-electron chi connectivity index (χ3n) is 11.1. The molecule has 0 fully saturated rings. The molecule has 0 aromatic carbocycles. The van der Waals surface area contributed by atoms with Crippen molar-refractivity contribution in [2.75, 3.05) is 13.2 Å². The van der Waals surface area contributed by atoms with Gasteiger partial charge in [-0.15, -0.1) is 0 Å². The number of rotatable bonds is 48. The van der Waals surface area contributed by atoms with Crippen molar-refractivity contribution in [3.05, 3.63) is 134 Å². The Labute approximate surface area is 424 Å². The topological polar surface area (TPSA) is 78.9 Å². The van der Waals surface area contributed by atoms with Crippen LogP contribution in [0.25, 0.3) is 0 Å². The van der Waals surface area contributed by atoms with Gasteiger partial charge in [0.15, 0.2) is 6.10 Å². The molecule has 6 nitrogen and oxygen atoms in total. The van der Waals surface area contributed by atoms with Gasteiger partial charge in [-0.3, -0.25) is 14.4 Å². The van der Waals surface area contributed by atoms with E-state index in [-0.39, 0.29) is 37.5 Å². The average molecular weight is 953 g/mol. The van der Waals surface area contributed by atoms with Crippen molar-refractivity contribution in [3.63, 3.8) is 0 Å². The van der Waals surface area contributed by atoms with Crippen molar-refractivity contribution in [2.24, 2.45) is 0 Å². The maximum atomic E-state index is 12.8. The minimum atomic E-state index is -0.833. The second-order valence-electron chi connectivity index (χ2n) is 17.8. The summed E-state index contributed by atoms with van der Waals surface area (Å²) in [5.74, 6) is -1.03. The molecule has 6 heteroatoms. The molecular weight excluding hydrogens is 853 g/mol. The molecule has 0 aromatic heterocycles. The Morgan fingerprint density at radius 3 is 1.03 bits per heavy atom. The van der Waals surface area contributed by atoms with Crippen LogP contribution in [-0.2, 0) is 28.6 Å². The van der Waals surface area contributed by atoms with Crippen LogP contribution in [-0.4, -0.2) is 37.2 Å². The molecule has 0 saturated carbocycles. The van der Waals surface area contributed by atoms with Gasteiger partial charge < -0.3 is 14.2 Å². The number of carbonyl (C=O) groups excluding carboxylic acids is 3. The summed E-state index contributed by atoms with van der Waals surface area (Å²) < 4.78 is 16.8. The summed E-state index contributed by atoms with van der Waals surface area (Å²) in [6.45, 7) is 6.31. The van der Waals surface area contributed by atoms with Crippen LogP contribution in [0.2, 0.25) is 0 Å². The molecule has 1 atom stereocenters. The number of esters is 3. The Hall–Kier alpha value is -4.45. The molecule has 69 heavy (non-hydrogen) atoms. The molecule has 0 heterocycles. The summed E-state index contributed by atoms with van der Waals surface area (Å²) in [6, 6.07) is 0. The lowest BCUT2D eigenvalue weighted by Crippen LogP contribution is -2.30. The van der Waals surface area contributed by atoms with E-state index in [1.807, 2.05) is 0 Å². The zero-order valence-electron chi connectivity index (χ0n) is 44.3. The summed E-state index contributed by atoms with van der Waals surface area (Å²) in [7, 11) is 0. The van der Waals surface area contributed by atoms with Crippen LogP contribution in [0, 0.1) is 0 Å². The second kappa shape index (κ2) is 56.1. The van der Waals surface area contributed by atoms with Crippen molar-refractivity contribution in [3.8, 4) is 0 Å². The maximum Gasteiger partial charge on any atom is 0.306 e. The van der Waals surface area contributed by atoms with Crippen LogP contribution in [0.3, 0.4) is 0 Å². The molecule has 0 spiro atoms. The summed E-state index contributed by atoms with van der Waals surface area (Å²) in [6.07, 6.45) is 78.7. The van der Waals surface area contributed by atoms with E-state index in [4.69, 9.17) is 14.2 Å². The summed E-state index contributed by atoms with van der Waals surface area (Å²) in [4.78, 5) is 38.1. The van der Waals surface area contributed by atoms with Crippen LogP contribution in [0.1, 0.15) is 226 Å². The van der Waals surface area contributed by atoms with E-state index in [1.165, 1.54) is 51.4 Å². The monoisotopic (exact) mass is 953 g/mol. The van der Waals surface area contributed by atoms with Gasteiger partial charge in [0.25, 0.3) is 0 Å². The Bertz CT molecular complexity index is 1510. The third-order valence-corrected chi connectivity index (χ3v) is 11.1. The zero-order chi connectivity index (χ0) is 50.0. The lowest BCUT2D eigenvalue weighted by molar-refractivity contribution is -0.167. The molecule has 0 aromatic rings. The number of allylic oxidation sites excluding steroid dienone is 22. The fourth-order valence-electron chi connectivity index (χ4n) is 7.05. The standard InChI is InChI=1S/C63H100O6/c1-4-7-10-13-16-19-22-25-28-31-33-35-38-41-44-47-50-53-56-62(65)68-59-60(58-67-61(64)55-52-49-46-43-40-37-34-30-27-24-21-18-15-12-9-6-3)69-63(66)57-54-51-48-45-42-39-36-32-29-26-23-20-17-14-11-8-5-2/h8-9,11-12,17-18,20-21,26-31,33,35-37,39-40,45,48,60H,4-7,10,13-16,19,22-25,32,34,38,41-44,46-47,49-59H2,1-3H3/b11-8-,12-9-,20-17-,21-18-,29-26-,30-27-,31-28-,35-33-,39-36-,40-37-,48-45-. The van der Waals surface area contributed by atoms with Crippen LogP contribution >= 0.6 is 0 Å². The summed E-state index contributed by atoms with van der Waals surface area (Å²) in [5, 5.41) is 0. The Morgan fingerprint density at radius 1 is 0.319 bits per heavy atom. The van der Waals surface area contributed by atoms with Crippen molar-refractivity contribution >= 4 is 17.9 Å². The van der Waals surface area contributed by atoms with Crippen molar-refractivity contribution in [1.82, 2.24) is 0 Å². The van der Waals surface area contributed by atoms with Gasteiger partial charge in [-0.25, -0.2) is 0 Å². The largest absolute Gasteiger partial charge is 0.462 e. The van der Waals surface area contributed by atoms with Gasteiger partial charge in [0.2, 0.25) is 0 Å². The molecule has 1 unspecified atom stereocenters. The van der Waals surface area contributed by atoms with Crippen molar-refractivity contribution < 1.29 is 28.6 Å². The minimum Gasteiger partial charge on any atom is -0.462 e. The number of unbranched alkanes of at least 4 members (excludes halogenated alkanes) is 16. The molecule has 0 rings (SSSR count). The van der Waals surface area contributed by atoms with E-state index in [2.05, 4.69) is 154 Å². The Morgan fingerprint density at radius 2 is 0.623 bits per heavy atom. The highest BCUT2D eigenvalue weighted by atomic mass is 16.6. The quantitative estimate of drug-likeness (QED) is 0.0199. The van der Waals surface area contributed by atoms with Gasteiger partial charge in [0, 0.05) is 19.3 Å². The summed E-state index contributed by atoms with van der Waals surface area (Å²) >= 11 is 0. The SMILES string of the molecule is CC/C=C\C/C=C\C/C=C\C/C=C\C/C=C\CCCC(=O)OC(COC(=O)CCCCC/C=C\C/C=C\C/C=C\C/C=C\CC)COC(=O)CCCCCCC/C=C\C=C/CCCCCCCCC. The molecule has 0 amide bonds. The third kappa shape index (κ3) is 54.4. The molecular formula is C63H100O6. The van der Waals surface area contributed by atoms with Crippen LogP contribution < -0.4 is 0 Å². The van der Waals surface area contributed by atoms with Gasteiger partial charge in [-0.05, 0) is 122 Å². The fourth-order valence-corrected chi connectivity index (χ4v) is 7.05. The van der Waals surface area contributed by atoms with E-state index < -0.39 is 6.10 Å². The predicted molar refractivity (Wildman–Crippen MR) is 297 cm³/mol. The van der Waals surface area contributed by atoms with Gasteiger partial charge >= 0.3 is 17.9 Å². The molecule has 388 valence electrons. The zero-order valence-corrected chi connectivity index (χ0v) is 44.3. The number of hydrogen-bond donors (Lipinski definition) is 0. The Balaban J connectivity index is 4.58. The lowest BCUT2D eigenvalue weighted by atomic mass is 10.1. The molecule has 0 aliphatic heterocycles. The number of hydrogen-bond acceptors (Lipinski definition) is 6. The van der Waals surface area contributed by atoms with Crippen molar-refractivity contribution in [2.45, 2.75) is 232 Å². The molecule has 0 aliphatic rings. The van der Waals surface area contributed by atoms with Crippen LogP contribution in [0.15, 0.2) is 134 Å². The van der Waals surface area contributed by atoms with Gasteiger partial charge in [-0.1, -0.05) is 219 Å². The molecule has 0 radical (unpaired) electrons. The van der Waals surface area contributed by atoms with E-state index in [0.29, 0.717) is 19.3 Å². The first-order chi connectivity index (χ1) is 34.0. The lowest BCUT2D eigenvalue weighted by Gasteiger charge is -2.18. The first-order valence-corrected chi connectivity index (χ1v) is 27.7. The van der Waals surface area contributed by atoms with E-state index in [1.54, 1.807) is 0 Å². The predicted octanol–water partition coefficient (Wildman–Crippen LogP) is 18.6. The van der Waals surface area contributed by atoms with Gasteiger partial charge in [-0.2, -0.15) is 0 Å². The Kier molecular flexibility index (Phi) is 52.5. The minimum absolute atomic E-state index is 0.124. The van der Waals surface area contributed by atoms with Crippen LogP contribution in [0.4, 0.5) is 0 Å². The summed E-state index contributed by atoms with van der Waals surface area (Å²) in [5.41, 5.74) is 0. The maximum absolute atomic E-state index is 12.8. The normalized spacial score (nSPS) is 13.1. The van der Waals surface area contributed by atoms with Gasteiger partial charge in [0.1, 0.15) is 13.2 Å². The molecule has 0 N–H and O–H groups in total. The highest BCUT2D eigenvalue weighted by Crippen LogP contribution is 2.12. The molecule has 0 aliphatic carbocycles. The molecule has 0 saturated heterocycles. The number of carbonyl (C=O) groups is 3.